The summed E-state index contributed by atoms with van der Waals surface area (Å²) in [6.07, 6.45) is 3.57. The van der Waals surface area contributed by atoms with Gasteiger partial charge < -0.3 is 0 Å². The first-order valence-corrected chi connectivity index (χ1v) is 5.85. The van der Waals surface area contributed by atoms with E-state index in [2.05, 4.69) is 31.3 Å². The highest BCUT2D eigenvalue weighted by Crippen LogP contribution is 2.13. The van der Waals surface area contributed by atoms with Gasteiger partial charge in [-0.25, -0.2) is 5.43 Å². The van der Waals surface area contributed by atoms with Crippen molar-refractivity contribution >= 4 is 5.91 Å². The van der Waals surface area contributed by atoms with Crippen LogP contribution in [0.5, 0.6) is 0 Å². The van der Waals surface area contributed by atoms with E-state index in [-0.39, 0.29) is 11.4 Å². The van der Waals surface area contributed by atoms with Crippen molar-refractivity contribution in [3.05, 3.63) is 48.6 Å². The fraction of sp³-hybridized carbons (Fsp3) is 0.357. The molecule has 3 heteroatoms. The Morgan fingerprint density at radius 2 is 2.06 bits per heavy atom. The molecule has 1 atom stereocenters. The second-order valence-electron chi connectivity index (χ2n) is 4.35. The molecule has 3 nitrogen and oxygen atoms in total. The summed E-state index contributed by atoms with van der Waals surface area (Å²) in [5.74, 6) is -0.116. The van der Waals surface area contributed by atoms with E-state index in [1.807, 2.05) is 24.3 Å². The predicted molar refractivity (Wildman–Crippen MR) is 70.6 cm³/mol. The minimum atomic E-state index is -0.147. The zero-order valence-electron chi connectivity index (χ0n) is 10.5. The average Bonchev–Trinajstić information content (AvgIpc) is 2.37. The van der Waals surface area contributed by atoms with Crippen LogP contribution >= 0.6 is 0 Å². The van der Waals surface area contributed by atoms with E-state index in [4.69, 9.17) is 0 Å². The van der Waals surface area contributed by atoms with E-state index in [0.29, 0.717) is 5.56 Å². The maximum absolute atomic E-state index is 11.8. The molecule has 0 aliphatic heterocycles. The molecule has 92 valence electrons. The molecule has 1 aromatic rings. The van der Waals surface area contributed by atoms with Crippen molar-refractivity contribution in [3.8, 4) is 0 Å². The summed E-state index contributed by atoms with van der Waals surface area (Å²) in [6.45, 7) is 7.86. The highest BCUT2D eigenvalue weighted by Gasteiger charge is 2.20. The number of hydrazine groups is 1. The maximum atomic E-state index is 11.8. The molecule has 0 saturated heterocycles. The molecule has 0 aromatic heterocycles. The van der Waals surface area contributed by atoms with Gasteiger partial charge in [0.05, 0.1) is 0 Å². The lowest BCUT2D eigenvalue weighted by Gasteiger charge is -2.28. The van der Waals surface area contributed by atoms with Gasteiger partial charge in [0.15, 0.2) is 0 Å². The summed E-state index contributed by atoms with van der Waals surface area (Å²) in [4.78, 5) is 11.8. The number of hydrogen-bond donors (Lipinski definition) is 2. The first kappa shape index (κ1) is 13.5. The lowest BCUT2D eigenvalue weighted by molar-refractivity contribution is 0.0906. The van der Waals surface area contributed by atoms with Crippen molar-refractivity contribution in [2.75, 3.05) is 0 Å². The molecule has 1 unspecified atom stereocenters. The van der Waals surface area contributed by atoms with Gasteiger partial charge in [-0.3, -0.25) is 10.2 Å². The van der Waals surface area contributed by atoms with Gasteiger partial charge in [0.1, 0.15) is 0 Å². The monoisotopic (exact) mass is 232 g/mol. The Morgan fingerprint density at radius 3 is 2.59 bits per heavy atom. The third-order valence-corrected chi connectivity index (χ3v) is 2.89. The number of carbonyl (C=O) groups is 1. The van der Waals surface area contributed by atoms with Crippen molar-refractivity contribution in [3.63, 3.8) is 0 Å². The Bertz CT molecular complexity index is 375. The van der Waals surface area contributed by atoms with Crippen molar-refractivity contribution < 1.29 is 4.79 Å². The molecule has 17 heavy (non-hydrogen) atoms. The van der Waals surface area contributed by atoms with E-state index < -0.39 is 0 Å². The summed E-state index contributed by atoms with van der Waals surface area (Å²) in [6, 6.07) is 9.15. The molecular weight excluding hydrogens is 212 g/mol. The summed E-state index contributed by atoms with van der Waals surface area (Å²) in [5.41, 5.74) is 6.32. The fourth-order valence-electron chi connectivity index (χ4n) is 1.47. The van der Waals surface area contributed by atoms with Gasteiger partial charge in [-0.15, -0.1) is 6.58 Å². The highest BCUT2D eigenvalue weighted by atomic mass is 16.2. The molecule has 2 N–H and O–H groups in total. The summed E-state index contributed by atoms with van der Waals surface area (Å²) >= 11 is 0. The minimum absolute atomic E-state index is 0.116. The number of benzene rings is 1. The highest BCUT2D eigenvalue weighted by molar-refractivity contribution is 5.93. The molecule has 0 bridgehead atoms. The molecule has 0 radical (unpaired) electrons. The Labute approximate surface area is 103 Å². The van der Waals surface area contributed by atoms with E-state index in [1.165, 1.54) is 0 Å². The van der Waals surface area contributed by atoms with Gasteiger partial charge in [0, 0.05) is 11.1 Å². The van der Waals surface area contributed by atoms with Gasteiger partial charge in [-0.05, 0) is 31.9 Å². The maximum Gasteiger partial charge on any atom is 0.265 e. The van der Waals surface area contributed by atoms with E-state index in [9.17, 15) is 4.79 Å². The fourth-order valence-corrected chi connectivity index (χ4v) is 1.47. The number of amides is 1. The molecule has 0 fully saturated rings. The van der Waals surface area contributed by atoms with Crippen LogP contribution < -0.4 is 10.9 Å². The lowest BCUT2D eigenvalue weighted by Crippen LogP contribution is -2.51. The summed E-state index contributed by atoms with van der Waals surface area (Å²) < 4.78 is 0. The van der Waals surface area contributed by atoms with E-state index in [0.717, 1.165) is 12.8 Å². The Kier molecular flexibility index (Phi) is 4.91. The number of carbonyl (C=O) groups excluding carboxylic acids is 1. The van der Waals surface area contributed by atoms with Gasteiger partial charge >= 0.3 is 0 Å². The van der Waals surface area contributed by atoms with Crippen LogP contribution in [0, 0.1) is 0 Å². The Balaban J connectivity index is 2.56. The first-order valence-electron chi connectivity index (χ1n) is 5.85. The van der Waals surface area contributed by atoms with Crippen LogP contribution in [0.25, 0.3) is 0 Å². The second-order valence-corrected chi connectivity index (χ2v) is 4.35. The van der Waals surface area contributed by atoms with Crippen molar-refractivity contribution in [1.29, 1.82) is 0 Å². The normalized spacial score (nSPS) is 13.8. The van der Waals surface area contributed by atoms with Crippen LogP contribution in [0.3, 0.4) is 0 Å². The van der Waals surface area contributed by atoms with Crippen molar-refractivity contribution in [2.45, 2.75) is 32.2 Å². The van der Waals surface area contributed by atoms with Gasteiger partial charge in [-0.2, -0.15) is 0 Å². The van der Waals surface area contributed by atoms with E-state index >= 15 is 0 Å². The standard InChI is InChI=1S/C14H20N2O/c1-4-11-14(3,5-2)16-15-13(17)12-9-7-6-8-10-12/h4,6-10,16H,1,5,11H2,2-3H3,(H,15,17). The minimum Gasteiger partial charge on any atom is -0.287 e. The molecule has 0 saturated carbocycles. The largest absolute Gasteiger partial charge is 0.287 e. The molecule has 0 heterocycles. The molecule has 0 spiro atoms. The Hall–Kier alpha value is -1.61. The molecule has 0 aliphatic carbocycles. The SMILES string of the molecule is C=CCC(C)(CC)NNC(=O)c1ccccc1. The molecular formula is C14H20N2O. The lowest BCUT2D eigenvalue weighted by atomic mass is 9.96. The van der Waals surface area contributed by atoms with Crippen LogP contribution in [-0.2, 0) is 0 Å². The third-order valence-electron chi connectivity index (χ3n) is 2.89. The smallest absolute Gasteiger partial charge is 0.265 e. The van der Waals surface area contributed by atoms with Gasteiger partial charge in [0.25, 0.3) is 5.91 Å². The second kappa shape index (κ2) is 6.21. The molecule has 1 amide bonds. The van der Waals surface area contributed by atoms with Crippen LogP contribution in [0.1, 0.15) is 37.0 Å². The Morgan fingerprint density at radius 1 is 1.41 bits per heavy atom. The van der Waals surface area contributed by atoms with Crippen LogP contribution in [0.2, 0.25) is 0 Å². The van der Waals surface area contributed by atoms with E-state index in [1.54, 1.807) is 12.1 Å². The topological polar surface area (TPSA) is 41.1 Å². The first-order chi connectivity index (χ1) is 8.11. The predicted octanol–water partition coefficient (Wildman–Crippen LogP) is 2.67. The number of nitrogens with one attached hydrogen (secondary N) is 2. The zero-order valence-corrected chi connectivity index (χ0v) is 10.5. The zero-order chi connectivity index (χ0) is 12.7. The third kappa shape index (κ3) is 4.04. The van der Waals surface area contributed by atoms with Crippen LogP contribution in [0.4, 0.5) is 0 Å². The van der Waals surface area contributed by atoms with Gasteiger partial charge in [0.2, 0.25) is 0 Å². The molecule has 0 aliphatic rings. The van der Waals surface area contributed by atoms with Crippen molar-refractivity contribution in [2.24, 2.45) is 0 Å². The average molecular weight is 232 g/mol. The summed E-state index contributed by atoms with van der Waals surface area (Å²) in [7, 11) is 0. The quantitative estimate of drug-likeness (QED) is 0.585. The van der Waals surface area contributed by atoms with Crippen molar-refractivity contribution in [1.82, 2.24) is 10.9 Å². The number of hydrogen-bond acceptors (Lipinski definition) is 2. The molecule has 1 aromatic carbocycles. The molecule has 1 rings (SSSR count). The van der Waals surface area contributed by atoms with Crippen LogP contribution in [0.15, 0.2) is 43.0 Å². The van der Waals surface area contributed by atoms with Gasteiger partial charge in [-0.1, -0.05) is 31.2 Å². The number of rotatable bonds is 6. The summed E-state index contributed by atoms with van der Waals surface area (Å²) in [5, 5.41) is 0. The van der Waals surface area contributed by atoms with Crippen LogP contribution in [-0.4, -0.2) is 11.4 Å².